The van der Waals surface area contributed by atoms with Gasteiger partial charge in [-0.2, -0.15) is 0 Å². The fourth-order valence-electron chi connectivity index (χ4n) is 4.43. The number of benzene rings is 1. The molecule has 0 spiro atoms. The van der Waals surface area contributed by atoms with Gasteiger partial charge in [0.2, 0.25) is 0 Å². The van der Waals surface area contributed by atoms with Gasteiger partial charge in [0, 0.05) is 12.1 Å². The number of hydrogen-bond acceptors (Lipinski definition) is 1. The number of hydrogen-bond donors (Lipinski definition) is 1. The van der Waals surface area contributed by atoms with E-state index in [-0.39, 0.29) is 0 Å². The lowest BCUT2D eigenvalue weighted by molar-refractivity contribution is 0.347. The first kappa shape index (κ1) is 17.7. The molecule has 2 atom stereocenters. The molecule has 1 heteroatoms. The van der Waals surface area contributed by atoms with Crippen molar-refractivity contribution in [3.8, 4) is 0 Å². The molecule has 1 aromatic rings. The lowest BCUT2D eigenvalue weighted by atomic mass is 9.77. The largest absolute Gasteiger partial charge is 0.307 e. The van der Waals surface area contributed by atoms with Crippen LogP contribution in [0.5, 0.6) is 0 Å². The molecule has 1 fully saturated rings. The van der Waals surface area contributed by atoms with E-state index in [1.165, 1.54) is 31.2 Å². The summed E-state index contributed by atoms with van der Waals surface area (Å²) in [7, 11) is 0. The van der Waals surface area contributed by atoms with E-state index in [0.717, 1.165) is 0 Å². The highest BCUT2D eigenvalue weighted by atomic mass is 15.0. The second-order valence-corrected chi connectivity index (χ2v) is 8.84. The molecule has 2 aliphatic rings. The molecule has 0 aromatic heterocycles. The summed E-state index contributed by atoms with van der Waals surface area (Å²) in [6.07, 6.45) is 7.78. The second kappa shape index (κ2) is 7.04. The van der Waals surface area contributed by atoms with E-state index in [1.54, 1.807) is 22.3 Å². The van der Waals surface area contributed by atoms with E-state index in [2.05, 4.69) is 65.1 Å². The maximum Gasteiger partial charge on any atom is 0.0258 e. The third-order valence-electron chi connectivity index (χ3n) is 5.84. The van der Waals surface area contributed by atoms with Gasteiger partial charge in [-0.3, -0.25) is 0 Å². The first-order valence-corrected chi connectivity index (χ1v) is 10.0. The number of piperidine rings is 1. The predicted molar refractivity (Wildman–Crippen MR) is 106 cm³/mol. The molecule has 2 heterocycles. The molecule has 2 aliphatic heterocycles. The Hall–Kier alpha value is -1.08. The Bertz CT molecular complexity index is 592. The molecule has 3 rings (SSSR count). The molecule has 132 valence electrons. The van der Waals surface area contributed by atoms with Crippen molar-refractivity contribution in [2.24, 2.45) is 0 Å². The average Bonchev–Trinajstić information content (AvgIpc) is 2.52. The summed E-state index contributed by atoms with van der Waals surface area (Å²) in [4.78, 5) is 0. The molecule has 2 unspecified atom stereocenters. The van der Waals surface area contributed by atoms with Crippen LogP contribution in [-0.4, -0.2) is 12.1 Å². The van der Waals surface area contributed by atoms with Gasteiger partial charge in [0.25, 0.3) is 0 Å². The number of nitrogens with one attached hydrogen (secondary N) is 1. The number of rotatable bonds is 4. The maximum atomic E-state index is 3.80. The summed E-state index contributed by atoms with van der Waals surface area (Å²) in [5, 5.41) is 3.80. The monoisotopic (exact) mass is 325 g/mol. The number of fused-ring (bicyclic) bond motifs is 2. The Morgan fingerprint density at radius 3 is 2.00 bits per heavy atom. The quantitative estimate of drug-likeness (QED) is 0.679. The van der Waals surface area contributed by atoms with E-state index in [4.69, 9.17) is 0 Å². The molecule has 24 heavy (non-hydrogen) atoms. The Morgan fingerprint density at radius 2 is 1.50 bits per heavy atom. The summed E-state index contributed by atoms with van der Waals surface area (Å²) in [6.45, 7) is 14.1. The van der Waals surface area contributed by atoms with Gasteiger partial charge in [-0.05, 0) is 64.8 Å². The van der Waals surface area contributed by atoms with Crippen LogP contribution >= 0.6 is 0 Å². The molecule has 0 aliphatic carbocycles. The fourth-order valence-corrected chi connectivity index (χ4v) is 4.43. The van der Waals surface area contributed by atoms with Crippen LogP contribution < -0.4 is 5.32 Å². The van der Waals surface area contributed by atoms with Gasteiger partial charge in [-0.25, -0.2) is 0 Å². The molecule has 0 saturated carbocycles. The molecule has 1 nitrogen and oxygen atoms in total. The Kier molecular flexibility index (Phi) is 5.20. The van der Waals surface area contributed by atoms with Gasteiger partial charge in [-0.15, -0.1) is 0 Å². The van der Waals surface area contributed by atoms with Crippen LogP contribution in [0, 0.1) is 0 Å². The van der Waals surface area contributed by atoms with Crippen LogP contribution in [-0.2, 0) is 0 Å². The molecule has 0 amide bonds. The van der Waals surface area contributed by atoms with E-state index in [9.17, 15) is 0 Å². The van der Waals surface area contributed by atoms with Crippen LogP contribution in [0.4, 0.5) is 0 Å². The van der Waals surface area contributed by atoms with Crippen LogP contribution in [0.2, 0.25) is 0 Å². The third-order valence-corrected chi connectivity index (χ3v) is 5.84. The van der Waals surface area contributed by atoms with Crippen molar-refractivity contribution >= 4 is 5.57 Å². The SMILES string of the molecule is CC(C)c1cc(C(C)C)c(C2=CC3CCCC(C2)N3)c(C(C)C)c1. The van der Waals surface area contributed by atoms with Crippen molar-refractivity contribution in [3.05, 3.63) is 40.5 Å². The normalized spacial score (nSPS) is 24.0. The van der Waals surface area contributed by atoms with E-state index in [1.807, 2.05) is 0 Å². The van der Waals surface area contributed by atoms with Crippen molar-refractivity contribution < 1.29 is 0 Å². The van der Waals surface area contributed by atoms with Crippen molar-refractivity contribution in [1.29, 1.82) is 0 Å². The van der Waals surface area contributed by atoms with Crippen LogP contribution in [0.25, 0.3) is 5.57 Å². The average molecular weight is 326 g/mol. The summed E-state index contributed by atoms with van der Waals surface area (Å²) in [6, 6.07) is 6.27. The van der Waals surface area contributed by atoms with Gasteiger partial charge in [0.15, 0.2) is 0 Å². The van der Waals surface area contributed by atoms with Crippen molar-refractivity contribution in [2.75, 3.05) is 0 Å². The first-order valence-electron chi connectivity index (χ1n) is 10.0. The molecule has 1 N–H and O–H groups in total. The maximum absolute atomic E-state index is 3.80. The summed E-state index contributed by atoms with van der Waals surface area (Å²) in [5.41, 5.74) is 7.84. The zero-order valence-corrected chi connectivity index (χ0v) is 16.4. The summed E-state index contributed by atoms with van der Waals surface area (Å²) >= 11 is 0. The van der Waals surface area contributed by atoms with Gasteiger partial charge in [0.1, 0.15) is 0 Å². The van der Waals surface area contributed by atoms with E-state index >= 15 is 0 Å². The van der Waals surface area contributed by atoms with Crippen molar-refractivity contribution in [1.82, 2.24) is 5.32 Å². The molecule has 2 bridgehead atoms. The highest BCUT2D eigenvalue weighted by molar-refractivity contribution is 5.74. The fraction of sp³-hybridized carbons (Fsp3) is 0.652. The molecule has 1 saturated heterocycles. The van der Waals surface area contributed by atoms with Crippen molar-refractivity contribution in [2.45, 2.75) is 97.1 Å². The molecule has 0 radical (unpaired) electrons. The highest BCUT2D eigenvalue weighted by Crippen LogP contribution is 2.40. The second-order valence-electron chi connectivity index (χ2n) is 8.84. The molecule has 1 aromatic carbocycles. The van der Waals surface area contributed by atoms with Gasteiger partial charge in [0.05, 0.1) is 0 Å². The molecular formula is C23H35N. The topological polar surface area (TPSA) is 12.0 Å². The highest BCUT2D eigenvalue weighted by Gasteiger charge is 2.29. The Balaban J connectivity index is 2.16. The van der Waals surface area contributed by atoms with Crippen LogP contribution in [0.3, 0.4) is 0 Å². The van der Waals surface area contributed by atoms with Gasteiger partial charge < -0.3 is 5.32 Å². The first-order chi connectivity index (χ1) is 11.4. The summed E-state index contributed by atoms with van der Waals surface area (Å²) in [5.74, 6) is 1.74. The molecular weight excluding hydrogens is 290 g/mol. The van der Waals surface area contributed by atoms with E-state index < -0.39 is 0 Å². The zero-order valence-electron chi connectivity index (χ0n) is 16.4. The lowest BCUT2D eigenvalue weighted by Gasteiger charge is -2.37. The predicted octanol–water partition coefficient (Wildman–Crippen LogP) is 6.35. The van der Waals surface area contributed by atoms with Crippen LogP contribution in [0.1, 0.15) is 107 Å². The standard InChI is InChI=1S/C23H35N/c1-14(2)17-12-21(15(3)4)23(22(13-17)16(5)6)18-10-19-8-7-9-20(11-18)24-19/h10,12-16,19-20,24H,7-9,11H2,1-6H3. The Morgan fingerprint density at radius 1 is 0.875 bits per heavy atom. The van der Waals surface area contributed by atoms with Gasteiger partial charge in [-0.1, -0.05) is 66.2 Å². The lowest BCUT2D eigenvalue weighted by Crippen LogP contribution is -2.44. The smallest absolute Gasteiger partial charge is 0.0258 e. The minimum absolute atomic E-state index is 0.576. The zero-order chi connectivity index (χ0) is 17.4. The van der Waals surface area contributed by atoms with E-state index in [0.29, 0.717) is 29.8 Å². The minimum atomic E-state index is 0.576. The van der Waals surface area contributed by atoms with Crippen LogP contribution in [0.15, 0.2) is 18.2 Å². The van der Waals surface area contributed by atoms with Gasteiger partial charge >= 0.3 is 0 Å². The summed E-state index contributed by atoms with van der Waals surface area (Å²) < 4.78 is 0. The Labute approximate surface area is 148 Å². The third kappa shape index (κ3) is 3.47. The van der Waals surface area contributed by atoms with Crippen molar-refractivity contribution in [3.63, 3.8) is 0 Å². The minimum Gasteiger partial charge on any atom is -0.307 e.